The van der Waals surface area contributed by atoms with Crippen molar-refractivity contribution in [2.24, 2.45) is 0 Å². The predicted octanol–water partition coefficient (Wildman–Crippen LogP) is 7.62. The third kappa shape index (κ3) is 38.9. The molecule has 0 heterocycles. The number of rotatable bonds is 32. The van der Waals surface area contributed by atoms with Gasteiger partial charge < -0.3 is 9.66 Å². The smallest absolute Gasteiger partial charge is 0.748 e. The van der Waals surface area contributed by atoms with E-state index in [-0.39, 0.29) is 36.0 Å². The molecule has 0 aromatic carbocycles. The number of unbranched alkanes of at least 4 members (excludes halogenated alkanes) is 27. The zero-order valence-corrected chi connectivity index (χ0v) is 29.4. The van der Waals surface area contributed by atoms with Gasteiger partial charge in [-0.05, 0) is 12.8 Å². The monoisotopic (exact) mass is 582 g/mol. The van der Waals surface area contributed by atoms with E-state index in [9.17, 15) is 18.1 Å². The summed E-state index contributed by atoms with van der Waals surface area (Å²) in [6, 6.07) is 0. The van der Waals surface area contributed by atoms with Crippen molar-refractivity contribution in [3.05, 3.63) is 0 Å². The Labute approximate surface area is 267 Å². The molecule has 4 nitrogen and oxygen atoms in total. The summed E-state index contributed by atoms with van der Waals surface area (Å²) in [4.78, 5) is 0. The molecule has 0 aliphatic carbocycles. The van der Waals surface area contributed by atoms with E-state index in [0.29, 0.717) is 6.42 Å². The van der Waals surface area contributed by atoms with Crippen LogP contribution in [0.3, 0.4) is 0 Å². The van der Waals surface area contributed by atoms with Crippen molar-refractivity contribution in [3.8, 4) is 0 Å². The second-order valence-corrected chi connectivity index (χ2v) is 13.6. The maximum Gasteiger partial charge on any atom is 1.00 e. The Balaban J connectivity index is 0. The summed E-state index contributed by atoms with van der Waals surface area (Å²) in [6.45, 7) is 2.29. The van der Waals surface area contributed by atoms with Gasteiger partial charge in [0.25, 0.3) is 0 Å². The first-order valence-electron chi connectivity index (χ1n) is 17.1. The molecule has 0 saturated heterocycles. The van der Waals surface area contributed by atoms with Gasteiger partial charge in [0.2, 0.25) is 0 Å². The van der Waals surface area contributed by atoms with Crippen LogP contribution in [0.2, 0.25) is 0 Å². The van der Waals surface area contributed by atoms with Crippen molar-refractivity contribution in [2.75, 3.05) is 5.75 Å². The van der Waals surface area contributed by atoms with Crippen molar-refractivity contribution in [1.82, 2.24) is 0 Å². The zero-order chi connectivity index (χ0) is 28.0. The van der Waals surface area contributed by atoms with Crippen LogP contribution in [-0.2, 0) is 10.1 Å². The Bertz CT molecular complexity index is 556. The van der Waals surface area contributed by atoms with Crippen molar-refractivity contribution < 1.29 is 47.6 Å². The number of aliphatic hydroxyl groups excluding tert-OH is 1. The SMILES string of the molecule is CCCCCCCCCCCCCCCCCCCCCCCCCCCCCCC(O)CCS(=O)(=O)[O-].[Na+]. The second-order valence-electron chi connectivity index (χ2n) is 12.0. The van der Waals surface area contributed by atoms with E-state index in [1.807, 2.05) is 0 Å². The van der Waals surface area contributed by atoms with Gasteiger partial charge in [0.1, 0.15) is 0 Å². The molecular formula is C33H67NaO4S. The van der Waals surface area contributed by atoms with Crippen LogP contribution in [-0.4, -0.2) is 29.9 Å². The average Bonchev–Trinajstić information content (AvgIpc) is 2.88. The Kier molecular flexibility index (Phi) is 35.9. The van der Waals surface area contributed by atoms with Gasteiger partial charge in [0.05, 0.1) is 16.2 Å². The van der Waals surface area contributed by atoms with Crippen LogP contribution in [0.15, 0.2) is 0 Å². The summed E-state index contributed by atoms with van der Waals surface area (Å²) in [5.41, 5.74) is 0. The Hall–Kier alpha value is 0.870. The molecule has 1 atom stereocenters. The van der Waals surface area contributed by atoms with Gasteiger partial charge in [0.15, 0.2) is 0 Å². The molecule has 0 bridgehead atoms. The molecule has 0 aromatic heterocycles. The molecule has 0 saturated carbocycles. The van der Waals surface area contributed by atoms with Gasteiger partial charge in [-0.1, -0.05) is 187 Å². The van der Waals surface area contributed by atoms with Gasteiger partial charge in [-0.2, -0.15) is 0 Å². The summed E-state index contributed by atoms with van der Waals surface area (Å²) in [7, 11) is -4.20. The summed E-state index contributed by atoms with van der Waals surface area (Å²) in [6.07, 6.45) is 38.7. The third-order valence-corrected chi connectivity index (χ3v) is 8.83. The largest absolute Gasteiger partial charge is 1.00 e. The van der Waals surface area contributed by atoms with Crippen molar-refractivity contribution >= 4 is 10.1 Å². The topological polar surface area (TPSA) is 77.4 Å². The zero-order valence-electron chi connectivity index (χ0n) is 26.6. The van der Waals surface area contributed by atoms with Gasteiger partial charge in [0, 0.05) is 5.75 Å². The van der Waals surface area contributed by atoms with Crippen molar-refractivity contribution in [1.29, 1.82) is 0 Å². The standard InChI is InChI=1S/C33H68O4S.Na/c1-2-3-4-5-6-7-8-9-10-11-12-13-14-15-16-17-18-19-20-21-22-23-24-25-26-27-28-29-30-33(34)31-32-38(35,36)37;/h33-34H,2-32H2,1H3,(H,35,36,37);/q;+1/p-1. The van der Waals surface area contributed by atoms with Crippen LogP contribution < -0.4 is 29.6 Å². The molecular weight excluding hydrogens is 515 g/mol. The van der Waals surface area contributed by atoms with E-state index in [1.54, 1.807) is 0 Å². The van der Waals surface area contributed by atoms with Crippen LogP contribution in [0.4, 0.5) is 0 Å². The fourth-order valence-electron chi connectivity index (χ4n) is 5.47. The molecule has 0 rings (SSSR count). The van der Waals surface area contributed by atoms with Crippen molar-refractivity contribution in [3.63, 3.8) is 0 Å². The van der Waals surface area contributed by atoms with Crippen molar-refractivity contribution in [2.45, 2.75) is 206 Å². The van der Waals surface area contributed by atoms with Crippen LogP contribution in [0.25, 0.3) is 0 Å². The van der Waals surface area contributed by atoms with E-state index < -0.39 is 22.0 Å². The van der Waals surface area contributed by atoms with Crippen LogP contribution in [0.1, 0.15) is 200 Å². The van der Waals surface area contributed by atoms with Gasteiger partial charge in [-0.15, -0.1) is 0 Å². The molecule has 0 aromatic rings. The van der Waals surface area contributed by atoms with E-state index in [2.05, 4.69) is 6.92 Å². The maximum absolute atomic E-state index is 10.6. The summed E-state index contributed by atoms with van der Waals surface area (Å²) in [5, 5.41) is 9.71. The number of hydrogen-bond donors (Lipinski definition) is 1. The molecule has 0 amide bonds. The molecule has 1 N–H and O–H groups in total. The van der Waals surface area contributed by atoms with Gasteiger partial charge in [-0.3, -0.25) is 0 Å². The van der Waals surface area contributed by atoms with E-state index >= 15 is 0 Å². The normalized spacial score (nSPS) is 12.5. The molecule has 0 spiro atoms. The van der Waals surface area contributed by atoms with E-state index in [4.69, 9.17) is 0 Å². The summed E-state index contributed by atoms with van der Waals surface area (Å²) < 4.78 is 31.7. The molecule has 0 aliphatic heterocycles. The van der Waals surface area contributed by atoms with Crippen LogP contribution >= 0.6 is 0 Å². The first kappa shape index (κ1) is 42.0. The Morgan fingerprint density at radius 2 is 0.692 bits per heavy atom. The average molecular weight is 583 g/mol. The molecule has 1 unspecified atom stereocenters. The molecule has 6 heteroatoms. The van der Waals surface area contributed by atoms with Crippen LogP contribution in [0, 0.1) is 0 Å². The molecule has 0 fully saturated rings. The first-order valence-corrected chi connectivity index (χ1v) is 18.6. The number of hydrogen-bond acceptors (Lipinski definition) is 4. The molecule has 230 valence electrons. The maximum atomic E-state index is 10.6. The van der Waals surface area contributed by atoms with Crippen LogP contribution in [0.5, 0.6) is 0 Å². The fourth-order valence-corrected chi connectivity index (χ4v) is 6.03. The summed E-state index contributed by atoms with van der Waals surface area (Å²) >= 11 is 0. The second kappa shape index (κ2) is 33.4. The number of aliphatic hydroxyl groups is 1. The minimum absolute atomic E-state index is 0. The third-order valence-electron chi connectivity index (χ3n) is 8.09. The molecule has 0 radical (unpaired) electrons. The van der Waals surface area contributed by atoms with Gasteiger partial charge in [-0.25, -0.2) is 8.42 Å². The predicted molar refractivity (Wildman–Crippen MR) is 165 cm³/mol. The minimum Gasteiger partial charge on any atom is -0.748 e. The van der Waals surface area contributed by atoms with E-state index in [0.717, 1.165) is 12.8 Å². The fraction of sp³-hybridized carbons (Fsp3) is 1.00. The molecule has 0 aliphatic rings. The van der Waals surface area contributed by atoms with E-state index in [1.165, 1.54) is 167 Å². The minimum atomic E-state index is -4.20. The summed E-state index contributed by atoms with van der Waals surface area (Å²) in [5.74, 6) is -0.451. The van der Waals surface area contributed by atoms with Gasteiger partial charge >= 0.3 is 29.6 Å². The molecule has 39 heavy (non-hydrogen) atoms. The Morgan fingerprint density at radius 3 is 0.923 bits per heavy atom. The first-order chi connectivity index (χ1) is 18.5. The quantitative estimate of drug-likeness (QED) is 0.0503. The Morgan fingerprint density at radius 1 is 0.462 bits per heavy atom.